The van der Waals surface area contributed by atoms with Gasteiger partial charge in [-0.25, -0.2) is 0 Å². The van der Waals surface area contributed by atoms with Gasteiger partial charge in [-0.2, -0.15) is 5.26 Å². The molecular formula is C13H17NS. The van der Waals surface area contributed by atoms with E-state index in [4.69, 9.17) is 5.26 Å². The first-order valence-corrected chi connectivity index (χ1v) is 6.21. The third kappa shape index (κ3) is 3.60. The van der Waals surface area contributed by atoms with E-state index >= 15 is 0 Å². The van der Waals surface area contributed by atoms with Crippen molar-refractivity contribution >= 4 is 11.8 Å². The lowest BCUT2D eigenvalue weighted by Gasteiger charge is -2.14. The summed E-state index contributed by atoms with van der Waals surface area (Å²) in [6.45, 7) is 6.52. The third-order valence-electron chi connectivity index (χ3n) is 2.68. The Kier molecular flexibility index (Phi) is 4.71. The summed E-state index contributed by atoms with van der Waals surface area (Å²) in [5, 5.41) is 10.6. The predicted molar refractivity (Wildman–Crippen MR) is 67.0 cm³/mol. The Morgan fingerprint density at radius 3 is 2.80 bits per heavy atom. The minimum atomic E-state index is 0.547. The molecule has 1 nitrogen and oxygen atoms in total. The van der Waals surface area contributed by atoms with Gasteiger partial charge in [0.15, 0.2) is 0 Å². The molecule has 0 bridgehead atoms. The van der Waals surface area contributed by atoms with Crippen LogP contribution in [0.25, 0.3) is 0 Å². The average molecular weight is 219 g/mol. The molecule has 1 atom stereocenters. The topological polar surface area (TPSA) is 23.8 Å². The van der Waals surface area contributed by atoms with Crippen molar-refractivity contribution in [3.8, 4) is 5.40 Å². The molecule has 80 valence electrons. The molecule has 1 rings (SSSR count). The Hall–Kier alpha value is -0.940. The van der Waals surface area contributed by atoms with Crippen LogP contribution in [-0.4, -0.2) is 5.75 Å². The Labute approximate surface area is 96.5 Å². The summed E-state index contributed by atoms with van der Waals surface area (Å²) >= 11 is 1.35. The van der Waals surface area contributed by atoms with Crippen LogP contribution in [0.5, 0.6) is 0 Å². The standard InChI is InChI=1S/C13H17NS/c1-10-4-5-11(2)13(8-10)12(3)6-7-15-9-14/h4-5,8,12H,6-7H2,1-3H3. The number of rotatable bonds is 4. The molecule has 1 aromatic rings. The zero-order chi connectivity index (χ0) is 11.3. The largest absolute Gasteiger partial charge is 0.185 e. The molecule has 0 amide bonds. The minimum Gasteiger partial charge on any atom is -0.185 e. The van der Waals surface area contributed by atoms with Crippen LogP contribution in [0.2, 0.25) is 0 Å². The molecule has 0 saturated heterocycles. The van der Waals surface area contributed by atoms with Crippen molar-refractivity contribution in [2.75, 3.05) is 5.75 Å². The van der Waals surface area contributed by atoms with E-state index in [1.165, 1.54) is 28.5 Å². The SMILES string of the molecule is Cc1ccc(C)c(C(C)CCSC#N)c1. The summed E-state index contributed by atoms with van der Waals surface area (Å²) in [5.74, 6) is 1.47. The van der Waals surface area contributed by atoms with Crippen LogP contribution in [0.15, 0.2) is 18.2 Å². The second-order valence-corrected chi connectivity index (χ2v) is 4.87. The number of hydrogen-bond donors (Lipinski definition) is 0. The van der Waals surface area contributed by atoms with Crippen molar-refractivity contribution in [3.63, 3.8) is 0 Å². The fourth-order valence-electron chi connectivity index (χ4n) is 1.73. The van der Waals surface area contributed by atoms with Gasteiger partial charge in [-0.1, -0.05) is 30.7 Å². The van der Waals surface area contributed by atoms with Gasteiger partial charge in [0.05, 0.1) is 0 Å². The molecule has 0 fully saturated rings. The molecule has 2 heteroatoms. The summed E-state index contributed by atoms with van der Waals surface area (Å²) < 4.78 is 0. The molecule has 0 heterocycles. The molecule has 0 aromatic heterocycles. The molecule has 0 N–H and O–H groups in total. The molecular weight excluding hydrogens is 202 g/mol. The number of nitrogens with zero attached hydrogens (tertiary/aromatic N) is 1. The molecule has 0 aliphatic carbocycles. The van der Waals surface area contributed by atoms with Gasteiger partial charge in [-0.05, 0) is 49.1 Å². The Bertz CT molecular complexity index is 365. The van der Waals surface area contributed by atoms with E-state index in [9.17, 15) is 0 Å². The molecule has 0 radical (unpaired) electrons. The molecule has 0 aliphatic rings. The van der Waals surface area contributed by atoms with Gasteiger partial charge in [0.25, 0.3) is 0 Å². The van der Waals surface area contributed by atoms with Gasteiger partial charge in [0.2, 0.25) is 0 Å². The highest BCUT2D eigenvalue weighted by atomic mass is 32.2. The first kappa shape index (κ1) is 12.1. The van der Waals surface area contributed by atoms with Gasteiger partial charge >= 0.3 is 0 Å². The quantitative estimate of drug-likeness (QED) is 0.564. The van der Waals surface area contributed by atoms with Crippen LogP contribution in [-0.2, 0) is 0 Å². The Morgan fingerprint density at radius 2 is 2.13 bits per heavy atom. The number of hydrogen-bond acceptors (Lipinski definition) is 2. The van der Waals surface area contributed by atoms with Gasteiger partial charge < -0.3 is 0 Å². The molecule has 1 unspecified atom stereocenters. The van der Waals surface area contributed by atoms with E-state index < -0.39 is 0 Å². The summed E-state index contributed by atoms with van der Waals surface area (Å²) in [5.41, 5.74) is 4.10. The lowest BCUT2D eigenvalue weighted by molar-refractivity contribution is 0.735. The maximum Gasteiger partial charge on any atom is 0.133 e. The van der Waals surface area contributed by atoms with Crippen LogP contribution < -0.4 is 0 Å². The number of benzene rings is 1. The summed E-state index contributed by atoms with van der Waals surface area (Å²) in [6.07, 6.45) is 1.07. The number of nitriles is 1. The van der Waals surface area contributed by atoms with Crippen LogP contribution in [0, 0.1) is 24.5 Å². The van der Waals surface area contributed by atoms with Gasteiger partial charge in [-0.3, -0.25) is 0 Å². The lowest BCUT2D eigenvalue weighted by atomic mass is 9.93. The van der Waals surface area contributed by atoms with E-state index in [2.05, 4.69) is 44.4 Å². The van der Waals surface area contributed by atoms with Crippen molar-refractivity contribution in [3.05, 3.63) is 34.9 Å². The van der Waals surface area contributed by atoms with Gasteiger partial charge in [0, 0.05) is 5.75 Å². The normalized spacial score (nSPS) is 12.1. The first-order chi connectivity index (χ1) is 7.15. The molecule has 0 saturated carbocycles. The number of aryl methyl sites for hydroxylation is 2. The van der Waals surface area contributed by atoms with Gasteiger partial charge in [0.1, 0.15) is 5.40 Å². The monoisotopic (exact) mass is 219 g/mol. The summed E-state index contributed by atoms with van der Waals surface area (Å²) in [6, 6.07) is 6.59. The van der Waals surface area contributed by atoms with Crippen LogP contribution >= 0.6 is 11.8 Å². The number of thiocyanates is 1. The highest BCUT2D eigenvalue weighted by Gasteiger charge is 2.08. The van der Waals surface area contributed by atoms with Crippen molar-refractivity contribution in [1.29, 1.82) is 5.26 Å². The number of thioether (sulfide) groups is 1. The maximum absolute atomic E-state index is 8.46. The molecule has 1 aromatic carbocycles. The highest BCUT2D eigenvalue weighted by Crippen LogP contribution is 2.24. The Balaban J connectivity index is 2.69. The summed E-state index contributed by atoms with van der Waals surface area (Å²) in [4.78, 5) is 0. The fourth-order valence-corrected chi connectivity index (χ4v) is 2.29. The second-order valence-electron chi connectivity index (χ2n) is 3.99. The van der Waals surface area contributed by atoms with Crippen molar-refractivity contribution in [1.82, 2.24) is 0 Å². The van der Waals surface area contributed by atoms with Crippen molar-refractivity contribution < 1.29 is 0 Å². The second kappa shape index (κ2) is 5.82. The smallest absolute Gasteiger partial charge is 0.133 e. The van der Waals surface area contributed by atoms with E-state index in [0.717, 1.165) is 12.2 Å². The van der Waals surface area contributed by atoms with Crippen molar-refractivity contribution in [2.45, 2.75) is 33.1 Å². The van der Waals surface area contributed by atoms with Gasteiger partial charge in [-0.15, -0.1) is 0 Å². The van der Waals surface area contributed by atoms with E-state index in [1.54, 1.807) is 0 Å². The van der Waals surface area contributed by atoms with E-state index in [-0.39, 0.29) is 0 Å². The van der Waals surface area contributed by atoms with Crippen LogP contribution in [0.4, 0.5) is 0 Å². The van der Waals surface area contributed by atoms with E-state index in [1.807, 2.05) is 0 Å². The molecule has 0 spiro atoms. The summed E-state index contributed by atoms with van der Waals surface area (Å²) in [7, 11) is 0. The van der Waals surface area contributed by atoms with Crippen LogP contribution in [0.3, 0.4) is 0 Å². The predicted octanol–water partition coefficient (Wildman–Crippen LogP) is 4.01. The fraction of sp³-hybridized carbons (Fsp3) is 0.462. The maximum atomic E-state index is 8.46. The Morgan fingerprint density at radius 1 is 1.40 bits per heavy atom. The zero-order valence-electron chi connectivity index (χ0n) is 9.58. The average Bonchev–Trinajstić information content (AvgIpc) is 2.22. The molecule has 15 heavy (non-hydrogen) atoms. The van der Waals surface area contributed by atoms with E-state index in [0.29, 0.717) is 5.92 Å². The molecule has 0 aliphatic heterocycles. The zero-order valence-corrected chi connectivity index (χ0v) is 10.4. The minimum absolute atomic E-state index is 0.547. The first-order valence-electron chi connectivity index (χ1n) is 5.23. The lowest BCUT2D eigenvalue weighted by Crippen LogP contribution is -1.98. The third-order valence-corrected chi connectivity index (χ3v) is 3.25. The highest BCUT2D eigenvalue weighted by molar-refractivity contribution is 8.03. The van der Waals surface area contributed by atoms with Crippen molar-refractivity contribution in [2.24, 2.45) is 0 Å². The van der Waals surface area contributed by atoms with Crippen LogP contribution in [0.1, 0.15) is 36.0 Å².